The molecule has 21 heavy (non-hydrogen) atoms. The van der Waals surface area contributed by atoms with E-state index in [1.54, 1.807) is 6.07 Å². The third-order valence-corrected chi connectivity index (χ3v) is 3.19. The smallest absolute Gasteiger partial charge is 0.242 e. The lowest BCUT2D eigenvalue weighted by Gasteiger charge is -2.26. The first-order valence-electron chi connectivity index (χ1n) is 6.33. The molecule has 3 rings (SSSR count). The second kappa shape index (κ2) is 5.19. The summed E-state index contributed by atoms with van der Waals surface area (Å²) in [6.07, 6.45) is 0.188. The van der Waals surface area contributed by atoms with E-state index in [0.717, 1.165) is 5.56 Å². The topological polar surface area (TPSA) is 128 Å². The summed E-state index contributed by atoms with van der Waals surface area (Å²) in [5, 5.41) is 16.0. The molecule has 0 radical (unpaired) electrons. The summed E-state index contributed by atoms with van der Waals surface area (Å²) in [5.74, 6) is -0.392. The van der Waals surface area contributed by atoms with Crippen LogP contribution in [0.2, 0.25) is 0 Å². The maximum atomic E-state index is 12.0. The van der Waals surface area contributed by atoms with Crippen molar-refractivity contribution in [3.63, 3.8) is 0 Å². The van der Waals surface area contributed by atoms with Crippen LogP contribution in [0.4, 0.5) is 11.6 Å². The summed E-state index contributed by atoms with van der Waals surface area (Å²) in [7, 11) is 0. The molecule has 9 heteroatoms. The van der Waals surface area contributed by atoms with Gasteiger partial charge in [0.05, 0.1) is 12.5 Å². The standard InChI is InChI=1S/C12H13N7O2/c13-12-16-17-18-19(12)6-11(21)15-9-5-10(20)14-8-4-2-1-3-7(8)9/h1-4,9H,5-6H2,(H,14,20)(H,15,21)(H2,13,16,18). The highest BCUT2D eigenvalue weighted by Crippen LogP contribution is 2.29. The molecule has 1 aliphatic heterocycles. The van der Waals surface area contributed by atoms with Crippen LogP contribution in [-0.2, 0) is 16.1 Å². The molecule has 0 aliphatic carbocycles. The van der Waals surface area contributed by atoms with Crippen molar-refractivity contribution in [1.29, 1.82) is 0 Å². The van der Waals surface area contributed by atoms with Crippen molar-refractivity contribution in [2.75, 3.05) is 11.1 Å². The Labute approximate surface area is 119 Å². The summed E-state index contributed by atoms with van der Waals surface area (Å²) >= 11 is 0. The summed E-state index contributed by atoms with van der Waals surface area (Å²) in [6.45, 7) is -0.0981. The summed E-state index contributed by atoms with van der Waals surface area (Å²) in [4.78, 5) is 23.7. The molecular formula is C12H13N7O2. The van der Waals surface area contributed by atoms with E-state index in [-0.39, 0.29) is 36.8 Å². The number of nitrogen functional groups attached to an aromatic ring is 1. The van der Waals surface area contributed by atoms with Crippen molar-refractivity contribution in [2.24, 2.45) is 0 Å². The molecule has 1 aromatic heterocycles. The van der Waals surface area contributed by atoms with Crippen LogP contribution < -0.4 is 16.4 Å². The number of tetrazole rings is 1. The number of benzene rings is 1. The predicted octanol–water partition coefficient (Wildman–Crippen LogP) is -0.545. The SMILES string of the molecule is Nc1nnnn1CC(=O)NC1CC(=O)Nc2ccccc21. The second-order valence-corrected chi connectivity index (χ2v) is 4.65. The minimum Gasteiger partial charge on any atom is -0.367 e. The molecule has 1 unspecified atom stereocenters. The third kappa shape index (κ3) is 2.66. The van der Waals surface area contributed by atoms with Crippen molar-refractivity contribution in [1.82, 2.24) is 25.5 Å². The molecule has 1 aliphatic rings. The van der Waals surface area contributed by atoms with Gasteiger partial charge in [-0.05, 0) is 22.1 Å². The van der Waals surface area contributed by atoms with E-state index in [1.807, 2.05) is 18.2 Å². The average molecular weight is 287 g/mol. The van der Waals surface area contributed by atoms with Gasteiger partial charge < -0.3 is 16.4 Å². The number of hydrogen-bond donors (Lipinski definition) is 3. The van der Waals surface area contributed by atoms with Gasteiger partial charge in [-0.1, -0.05) is 23.3 Å². The Kier molecular flexibility index (Phi) is 3.22. The molecule has 108 valence electrons. The molecular weight excluding hydrogens is 274 g/mol. The van der Waals surface area contributed by atoms with Crippen LogP contribution in [0.15, 0.2) is 24.3 Å². The molecule has 1 atom stereocenters. The molecule has 0 bridgehead atoms. The first kappa shape index (κ1) is 13.0. The van der Waals surface area contributed by atoms with E-state index in [1.165, 1.54) is 4.68 Å². The Morgan fingerprint density at radius 2 is 2.29 bits per heavy atom. The van der Waals surface area contributed by atoms with Crippen molar-refractivity contribution in [2.45, 2.75) is 19.0 Å². The van der Waals surface area contributed by atoms with Crippen molar-refractivity contribution >= 4 is 23.5 Å². The maximum Gasteiger partial charge on any atom is 0.242 e. The molecule has 9 nitrogen and oxygen atoms in total. The second-order valence-electron chi connectivity index (χ2n) is 4.65. The van der Waals surface area contributed by atoms with E-state index < -0.39 is 0 Å². The Morgan fingerprint density at radius 3 is 3.05 bits per heavy atom. The number of anilines is 2. The fourth-order valence-electron chi connectivity index (χ4n) is 2.24. The Morgan fingerprint density at radius 1 is 1.48 bits per heavy atom. The van der Waals surface area contributed by atoms with Crippen molar-refractivity contribution < 1.29 is 9.59 Å². The maximum absolute atomic E-state index is 12.0. The van der Waals surface area contributed by atoms with E-state index in [9.17, 15) is 9.59 Å². The number of nitrogens with two attached hydrogens (primary N) is 1. The Hall–Kier alpha value is -2.97. The van der Waals surface area contributed by atoms with E-state index in [2.05, 4.69) is 26.2 Å². The Balaban J connectivity index is 1.74. The van der Waals surface area contributed by atoms with Gasteiger partial charge in [0, 0.05) is 5.69 Å². The molecule has 0 fully saturated rings. The number of nitrogens with zero attached hydrogens (tertiary/aromatic N) is 4. The van der Waals surface area contributed by atoms with Gasteiger partial charge in [-0.25, -0.2) is 4.68 Å². The van der Waals surface area contributed by atoms with Crippen LogP contribution in [0.5, 0.6) is 0 Å². The van der Waals surface area contributed by atoms with Gasteiger partial charge in [-0.2, -0.15) is 0 Å². The largest absolute Gasteiger partial charge is 0.367 e. The zero-order chi connectivity index (χ0) is 14.8. The minimum atomic E-state index is -0.375. The molecule has 2 aromatic rings. The number of carbonyl (C=O) groups excluding carboxylic acids is 2. The number of rotatable bonds is 3. The first-order valence-corrected chi connectivity index (χ1v) is 6.33. The number of aromatic nitrogens is 4. The number of para-hydroxylation sites is 1. The Bertz CT molecular complexity index is 696. The van der Waals surface area contributed by atoms with Crippen molar-refractivity contribution in [3.8, 4) is 0 Å². The molecule has 0 saturated heterocycles. The zero-order valence-electron chi connectivity index (χ0n) is 11.0. The fourth-order valence-corrected chi connectivity index (χ4v) is 2.24. The van der Waals surface area contributed by atoms with Crippen LogP contribution in [0, 0.1) is 0 Å². The number of carbonyl (C=O) groups is 2. The molecule has 2 heterocycles. The molecule has 1 aromatic carbocycles. The minimum absolute atomic E-state index is 0.0620. The molecule has 0 spiro atoms. The summed E-state index contributed by atoms with van der Waals surface area (Å²) < 4.78 is 1.18. The van der Waals surface area contributed by atoms with Crippen LogP contribution in [0.25, 0.3) is 0 Å². The van der Waals surface area contributed by atoms with Gasteiger partial charge in [0.15, 0.2) is 0 Å². The third-order valence-electron chi connectivity index (χ3n) is 3.19. The number of nitrogens with one attached hydrogen (secondary N) is 2. The molecule has 4 N–H and O–H groups in total. The van der Waals surface area contributed by atoms with Crippen molar-refractivity contribution in [3.05, 3.63) is 29.8 Å². The highest BCUT2D eigenvalue weighted by atomic mass is 16.2. The summed E-state index contributed by atoms with van der Waals surface area (Å²) in [6, 6.07) is 6.97. The molecule has 0 saturated carbocycles. The van der Waals surface area contributed by atoms with Gasteiger partial charge in [-0.3, -0.25) is 9.59 Å². The van der Waals surface area contributed by atoms with E-state index in [4.69, 9.17) is 5.73 Å². The van der Waals surface area contributed by atoms with Crippen LogP contribution >= 0.6 is 0 Å². The van der Waals surface area contributed by atoms with Gasteiger partial charge in [0.25, 0.3) is 0 Å². The number of amides is 2. The average Bonchev–Trinajstić information content (AvgIpc) is 2.84. The highest BCUT2D eigenvalue weighted by molar-refractivity contribution is 5.95. The first-order chi connectivity index (χ1) is 10.1. The highest BCUT2D eigenvalue weighted by Gasteiger charge is 2.26. The van der Waals surface area contributed by atoms with Gasteiger partial charge in [0.1, 0.15) is 6.54 Å². The van der Waals surface area contributed by atoms with E-state index >= 15 is 0 Å². The number of fused-ring (bicyclic) bond motifs is 1. The lowest BCUT2D eigenvalue weighted by atomic mass is 9.97. The molecule has 2 amide bonds. The lowest BCUT2D eigenvalue weighted by Crippen LogP contribution is -2.37. The predicted molar refractivity (Wildman–Crippen MR) is 72.8 cm³/mol. The zero-order valence-corrected chi connectivity index (χ0v) is 11.0. The number of hydrogen-bond acceptors (Lipinski definition) is 6. The fraction of sp³-hybridized carbons (Fsp3) is 0.250. The van der Waals surface area contributed by atoms with E-state index in [0.29, 0.717) is 5.69 Å². The monoisotopic (exact) mass is 287 g/mol. The van der Waals surface area contributed by atoms with Gasteiger partial charge in [0.2, 0.25) is 17.8 Å². The summed E-state index contributed by atoms with van der Waals surface area (Å²) in [5.41, 5.74) is 7.08. The lowest BCUT2D eigenvalue weighted by molar-refractivity contribution is -0.123. The van der Waals surface area contributed by atoms with Gasteiger partial charge in [-0.15, -0.1) is 0 Å². The quantitative estimate of drug-likeness (QED) is 0.695. The van der Waals surface area contributed by atoms with Crippen LogP contribution in [-0.4, -0.2) is 32.0 Å². The normalized spacial score (nSPS) is 17.0. The van der Waals surface area contributed by atoms with Gasteiger partial charge >= 0.3 is 0 Å². The van der Waals surface area contributed by atoms with Crippen LogP contribution in [0.1, 0.15) is 18.0 Å². The van der Waals surface area contributed by atoms with Crippen LogP contribution in [0.3, 0.4) is 0 Å².